The maximum Gasteiger partial charge on any atom is 0.138 e. The van der Waals surface area contributed by atoms with Gasteiger partial charge in [-0.15, -0.1) is 0 Å². The van der Waals surface area contributed by atoms with Crippen molar-refractivity contribution in [2.45, 2.75) is 13.8 Å². The van der Waals surface area contributed by atoms with Crippen molar-refractivity contribution in [3.05, 3.63) is 72.8 Å². The molecule has 0 aliphatic rings. The Balaban J connectivity index is 5.07. The van der Waals surface area contributed by atoms with Gasteiger partial charge in [-0.05, 0) is 38.2 Å². The number of allylic oxidation sites excluding steroid dienone is 7. The van der Waals surface area contributed by atoms with Gasteiger partial charge in [-0.25, -0.2) is 0 Å². The molecule has 2 nitrogen and oxygen atoms in total. The molecule has 0 aromatic rings. The quantitative estimate of drug-likeness (QED) is 0.524. The van der Waals surface area contributed by atoms with Gasteiger partial charge in [-0.2, -0.15) is 0 Å². The number of nitrogens with one attached hydrogen (secondary N) is 1. The smallest absolute Gasteiger partial charge is 0.138 e. The van der Waals surface area contributed by atoms with Crippen molar-refractivity contribution in [3.8, 4) is 0 Å². The summed E-state index contributed by atoms with van der Waals surface area (Å²) in [4.78, 5) is 0. The van der Waals surface area contributed by atoms with Crippen molar-refractivity contribution in [2.24, 2.45) is 0 Å². The van der Waals surface area contributed by atoms with Crippen molar-refractivity contribution in [2.75, 3.05) is 0 Å². The normalized spacial score (nSPS) is 14.0. The Hall–Kier alpha value is -1.96. The molecule has 0 unspecified atom stereocenters. The fourth-order valence-electron chi connectivity index (χ4n) is 1.07. The van der Waals surface area contributed by atoms with Crippen molar-refractivity contribution >= 4 is 0 Å². The van der Waals surface area contributed by atoms with Gasteiger partial charge in [-0.3, -0.25) is 0 Å². The van der Waals surface area contributed by atoms with Crippen LogP contribution in [0, 0.1) is 0 Å². The van der Waals surface area contributed by atoms with E-state index in [1.165, 1.54) is 6.08 Å². The summed E-state index contributed by atoms with van der Waals surface area (Å²) in [6, 6.07) is 0. The maximum absolute atomic E-state index is 9.60. The van der Waals surface area contributed by atoms with Gasteiger partial charge in [0, 0.05) is 5.70 Å². The van der Waals surface area contributed by atoms with Crippen molar-refractivity contribution in [3.63, 3.8) is 0 Å². The molecule has 0 spiro atoms. The van der Waals surface area contributed by atoms with Gasteiger partial charge >= 0.3 is 0 Å². The third kappa shape index (κ3) is 5.05. The molecule has 0 rings (SSSR count). The second-order valence-electron chi connectivity index (χ2n) is 2.99. The van der Waals surface area contributed by atoms with Crippen LogP contribution in [0.15, 0.2) is 72.8 Å². The van der Waals surface area contributed by atoms with Gasteiger partial charge in [0.05, 0.1) is 5.70 Å². The van der Waals surface area contributed by atoms with Gasteiger partial charge in [0.1, 0.15) is 5.76 Å². The summed E-state index contributed by atoms with van der Waals surface area (Å²) in [5, 5.41) is 12.7. The minimum absolute atomic E-state index is 0.109. The Kier molecular flexibility index (Phi) is 7.33. The summed E-state index contributed by atoms with van der Waals surface area (Å²) in [6.07, 6.45) is 12.3. The van der Waals surface area contributed by atoms with Crippen LogP contribution in [0.2, 0.25) is 0 Å². The highest BCUT2D eigenvalue weighted by Crippen LogP contribution is 2.05. The Morgan fingerprint density at radius 3 is 2.19 bits per heavy atom. The Morgan fingerprint density at radius 2 is 1.75 bits per heavy atom. The second-order valence-corrected chi connectivity index (χ2v) is 2.99. The molecule has 0 amide bonds. The van der Waals surface area contributed by atoms with Crippen molar-refractivity contribution < 1.29 is 5.11 Å². The third-order valence-electron chi connectivity index (χ3n) is 1.73. The fraction of sp³-hybridized carbons (Fsp3) is 0.143. The number of aliphatic hydroxyl groups excluding tert-OH is 1. The van der Waals surface area contributed by atoms with E-state index in [0.717, 1.165) is 5.70 Å². The summed E-state index contributed by atoms with van der Waals surface area (Å²) in [7, 11) is 0. The van der Waals surface area contributed by atoms with E-state index in [2.05, 4.69) is 18.5 Å². The lowest BCUT2D eigenvalue weighted by Crippen LogP contribution is -2.11. The van der Waals surface area contributed by atoms with E-state index in [4.69, 9.17) is 0 Å². The van der Waals surface area contributed by atoms with Gasteiger partial charge < -0.3 is 10.4 Å². The van der Waals surface area contributed by atoms with Crippen LogP contribution in [0.5, 0.6) is 0 Å². The van der Waals surface area contributed by atoms with E-state index in [-0.39, 0.29) is 5.76 Å². The summed E-state index contributed by atoms with van der Waals surface area (Å²) in [5.74, 6) is 0.109. The molecular formula is C14H19NO. The van der Waals surface area contributed by atoms with E-state index in [1.807, 2.05) is 38.2 Å². The van der Waals surface area contributed by atoms with E-state index in [9.17, 15) is 5.11 Å². The highest BCUT2D eigenvalue weighted by molar-refractivity contribution is 5.33. The van der Waals surface area contributed by atoms with Crippen molar-refractivity contribution in [1.82, 2.24) is 5.32 Å². The zero-order valence-electron chi connectivity index (χ0n) is 9.90. The molecule has 86 valence electrons. The van der Waals surface area contributed by atoms with Gasteiger partial charge in [0.25, 0.3) is 0 Å². The number of rotatable bonds is 6. The molecule has 0 heterocycles. The predicted octanol–water partition coefficient (Wildman–Crippen LogP) is 3.75. The molecule has 0 atom stereocenters. The molecule has 0 fully saturated rings. The first-order valence-electron chi connectivity index (χ1n) is 5.10. The fourth-order valence-corrected chi connectivity index (χ4v) is 1.07. The molecule has 16 heavy (non-hydrogen) atoms. The van der Waals surface area contributed by atoms with E-state index in [1.54, 1.807) is 12.2 Å². The summed E-state index contributed by atoms with van der Waals surface area (Å²) < 4.78 is 0. The average molecular weight is 217 g/mol. The molecule has 2 N–H and O–H groups in total. The molecular weight excluding hydrogens is 198 g/mol. The van der Waals surface area contributed by atoms with E-state index < -0.39 is 0 Å². The molecule has 0 saturated carbocycles. The molecule has 0 aliphatic carbocycles. The Bertz CT molecular complexity index is 357. The van der Waals surface area contributed by atoms with Crippen LogP contribution in [-0.4, -0.2) is 5.11 Å². The van der Waals surface area contributed by atoms with E-state index >= 15 is 0 Å². The highest BCUT2D eigenvalue weighted by atomic mass is 16.3. The molecule has 0 aliphatic heterocycles. The Morgan fingerprint density at radius 1 is 1.12 bits per heavy atom. The zero-order valence-corrected chi connectivity index (χ0v) is 9.90. The standard InChI is InChI=1S/C14H19NO/c1-5-9-12(10-6-2)15-13(11-7-3)14(16)8-4/h5-11,15-16H,1,4H2,2-3H3/b10-6-,11-7-,12-9+,14-13-. The van der Waals surface area contributed by atoms with Crippen molar-refractivity contribution in [1.29, 1.82) is 0 Å². The second kappa shape index (κ2) is 8.36. The SMILES string of the molecule is C=C/C=C(\C=C/C)NC(/C=C\C)=C(\O)C=C. The lowest BCUT2D eigenvalue weighted by molar-refractivity contribution is 0.424. The molecule has 2 heteroatoms. The van der Waals surface area contributed by atoms with Gasteiger partial charge in [0.15, 0.2) is 0 Å². The Labute approximate surface area is 97.7 Å². The first-order chi connectivity index (χ1) is 7.69. The number of aliphatic hydroxyl groups is 1. The summed E-state index contributed by atoms with van der Waals surface area (Å²) in [6.45, 7) is 11.0. The largest absolute Gasteiger partial charge is 0.506 e. The molecule has 0 aromatic heterocycles. The summed E-state index contributed by atoms with van der Waals surface area (Å²) >= 11 is 0. The minimum Gasteiger partial charge on any atom is -0.506 e. The van der Waals surface area contributed by atoms with Crippen LogP contribution in [-0.2, 0) is 0 Å². The molecule has 0 radical (unpaired) electrons. The van der Waals surface area contributed by atoms with Crippen LogP contribution in [0.1, 0.15) is 13.8 Å². The van der Waals surface area contributed by atoms with Gasteiger partial charge in [0.2, 0.25) is 0 Å². The van der Waals surface area contributed by atoms with Crippen LogP contribution in [0.4, 0.5) is 0 Å². The minimum atomic E-state index is 0.109. The number of hydrogen-bond acceptors (Lipinski definition) is 2. The monoisotopic (exact) mass is 217 g/mol. The van der Waals surface area contributed by atoms with Gasteiger partial charge in [-0.1, -0.05) is 31.4 Å². The summed E-state index contributed by atoms with van der Waals surface area (Å²) in [5.41, 5.74) is 1.45. The van der Waals surface area contributed by atoms with E-state index in [0.29, 0.717) is 5.70 Å². The van der Waals surface area contributed by atoms with Crippen LogP contribution in [0.25, 0.3) is 0 Å². The number of hydrogen-bond donors (Lipinski definition) is 2. The van der Waals surface area contributed by atoms with Crippen LogP contribution in [0.3, 0.4) is 0 Å². The first kappa shape index (κ1) is 14.0. The highest BCUT2D eigenvalue weighted by Gasteiger charge is 1.99. The average Bonchev–Trinajstić information content (AvgIpc) is 2.28. The predicted molar refractivity (Wildman–Crippen MR) is 70.9 cm³/mol. The molecule has 0 aromatic carbocycles. The zero-order chi connectivity index (χ0) is 12.4. The lowest BCUT2D eigenvalue weighted by atomic mass is 10.2. The molecule has 0 bridgehead atoms. The molecule has 0 saturated heterocycles. The lowest BCUT2D eigenvalue weighted by Gasteiger charge is -2.09. The first-order valence-corrected chi connectivity index (χ1v) is 5.10. The third-order valence-corrected chi connectivity index (χ3v) is 1.73. The topological polar surface area (TPSA) is 32.3 Å². The van der Waals surface area contributed by atoms with Crippen LogP contribution >= 0.6 is 0 Å². The maximum atomic E-state index is 9.60. The van der Waals surface area contributed by atoms with Crippen LogP contribution < -0.4 is 5.32 Å².